The van der Waals surface area contributed by atoms with Crippen LogP contribution in [-0.2, 0) is 20.9 Å². The number of esters is 1. The van der Waals surface area contributed by atoms with Crippen molar-refractivity contribution in [2.24, 2.45) is 5.11 Å². The zero-order valence-corrected chi connectivity index (χ0v) is 23.2. The minimum atomic E-state index is -0.656. The molecule has 11 heteroatoms. The van der Waals surface area contributed by atoms with Crippen LogP contribution in [0.1, 0.15) is 22.8 Å². The van der Waals surface area contributed by atoms with Crippen molar-refractivity contribution in [1.82, 2.24) is 0 Å². The standard InChI is InChI=1S/C20H19I3N4O4/c1-12(28)27(2)19-17(22)8-16(21)15(18(19)23)11-30-9-14(25-26-24)10-31-20(29)13-6-4-3-5-7-13/h3-8,14H,9-11H2,1-2H3. The molecular weight excluding hydrogens is 741 g/mol. The SMILES string of the molecule is CC(=O)N(C)c1c(I)cc(I)c(COCC(COC(=O)c2ccccc2)N=[N+]=[N-])c1I. The number of carbonyl (C=O) groups is 2. The number of carbonyl (C=O) groups excluding carboxylic acids is 2. The van der Waals surface area contributed by atoms with Crippen molar-refractivity contribution in [3.8, 4) is 0 Å². The first-order valence-electron chi connectivity index (χ1n) is 9.01. The smallest absolute Gasteiger partial charge is 0.338 e. The summed E-state index contributed by atoms with van der Waals surface area (Å²) in [6, 6.07) is 9.93. The molecule has 1 unspecified atom stereocenters. The van der Waals surface area contributed by atoms with Gasteiger partial charge in [0.1, 0.15) is 6.61 Å². The molecule has 0 fully saturated rings. The fourth-order valence-corrected chi connectivity index (χ4v) is 6.94. The molecule has 0 saturated carbocycles. The zero-order valence-electron chi connectivity index (χ0n) is 16.7. The number of halogens is 3. The average molecular weight is 760 g/mol. The molecule has 0 spiro atoms. The summed E-state index contributed by atoms with van der Waals surface area (Å²) in [5.74, 6) is -0.551. The molecule has 0 aliphatic carbocycles. The zero-order chi connectivity index (χ0) is 23.0. The maximum Gasteiger partial charge on any atom is 0.338 e. The van der Waals surface area contributed by atoms with Crippen LogP contribution in [0.2, 0.25) is 0 Å². The summed E-state index contributed by atoms with van der Waals surface area (Å²) in [6.07, 6.45) is 0. The Morgan fingerprint density at radius 3 is 2.45 bits per heavy atom. The number of azide groups is 1. The predicted octanol–water partition coefficient (Wildman–Crippen LogP) is 5.54. The Hall–Kier alpha value is -1.16. The number of benzene rings is 2. The minimum absolute atomic E-state index is 0.0624. The van der Waals surface area contributed by atoms with Crippen LogP contribution in [0.3, 0.4) is 0 Å². The van der Waals surface area contributed by atoms with Crippen LogP contribution in [0.5, 0.6) is 0 Å². The van der Waals surface area contributed by atoms with Crippen LogP contribution < -0.4 is 4.90 Å². The number of rotatable bonds is 9. The third-order valence-corrected chi connectivity index (χ3v) is 7.18. The molecule has 31 heavy (non-hydrogen) atoms. The number of nitrogens with zero attached hydrogens (tertiary/aromatic N) is 4. The molecule has 2 aromatic carbocycles. The molecule has 0 saturated heterocycles. The quantitative estimate of drug-likeness (QED) is 0.110. The highest BCUT2D eigenvalue weighted by atomic mass is 127. The molecular formula is C20H19I3N4O4. The van der Waals surface area contributed by atoms with E-state index in [2.05, 4.69) is 77.8 Å². The van der Waals surface area contributed by atoms with E-state index in [1.807, 2.05) is 6.07 Å². The van der Waals surface area contributed by atoms with E-state index in [4.69, 9.17) is 15.0 Å². The Labute approximate surface area is 221 Å². The summed E-state index contributed by atoms with van der Waals surface area (Å²) in [7, 11) is 1.73. The fraction of sp³-hybridized carbons (Fsp3) is 0.300. The third kappa shape index (κ3) is 7.44. The molecule has 8 nitrogen and oxygen atoms in total. The Morgan fingerprint density at radius 1 is 1.16 bits per heavy atom. The van der Waals surface area contributed by atoms with Gasteiger partial charge >= 0.3 is 5.97 Å². The first-order valence-corrected chi connectivity index (χ1v) is 12.2. The van der Waals surface area contributed by atoms with Crippen LogP contribution in [0.25, 0.3) is 10.4 Å². The molecule has 2 rings (SSSR count). The molecule has 164 valence electrons. The summed E-state index contributed by atoms with van der Waals surface area (Å²) < 4.78 is 13.9. The number of anilines is 1. The second-order valence-corrected chi connectivity index (χ2v) is 9.80. The average Bonchev–Trinajstić information content (AvgIpc) is 2.74. The van der Waals surface area contributed by atoms with Gasteiger partial charge in [-0.25, -0.2) is 4.79 Å². The molecule has 1 amide bonds. The van der Waals surface area contributed by atoms with E-state index >= 15 is 0 Å². The van der Waals surface area contributed by atoms with Gasteiger partial charge in [0.25, 0.3) is 0 Å². The highest BCUT2D eigenvalue weighted by Gasteiger charge is 2.20. The Kier molecular flexibility index (Phi) is 10.7. The highest BCUT2D eigenvalue weighted by Crippen LogP contribution is 2.34. The molecule has 0 bridgehead atoms. The normalized spacial score (nSPS) is 11.4. The highest BCUT2D eigenvalue weighted by molar-refractivity contribution is 14.1. The van der Waals surface area contributed by atoms with Crippen LogP contribution in [0.15, 0.2) is 41.5 Å². The van der Waals surface area contributed by atoms with E-state index in [9.17, 15) is 9.59 Å². The molecule has 0 N–H and O–H groups in total. The van der Waals surface area contributed by atoms with Crippen molar-refractivity contribution in [1.29, 1.82) is 0 Å². The third-order valence-electron chi connectivity index (χ3n) is 4.24. The van der Waals surface area contributed by atoms with Crippen LogP contribution in [0.4, 0.5) is 5.69 Å². The Balaban J connectivity index is 2.04. The Morgan fingerprint density at radius 2 is 1.84 bits per heavy atom. The summed E-state index contributed by atoms with van der Waals surface area (Å²) in [4.78, 5) is 28.4. The summed E-state index contributed by atoms with van der Waals surface area (Å²) in [5, 5.41) is 3.67. The maximum atomic E-state index is 12.1. The molecule has 0 aromatic heterocycles. The van der Waals surface area contributed by atoms with E-state index in [1.54, 1.807) is 42.3 Å². The van der Waals surface area contributed by atoms with E-state index < -0.39 is 12.0 Å². The minimum Gasteiger partial charge on any atom is -0.462 e. The number of hydrogen-bond acceptors (Lipinski definition) is 5. The maximum absolute atomic E-state index is 12.1. The van der Waals surface area contributed by atoms with Gasteiger partial charge in [-0.05, 0) is 91.5 Å². The van der Waals surface area contributed by atoms with Gasteiger partial charge in [0.2, 0.25) is 5.91 Å². The number of hydrogen-bond donors (Lipinski definition) is 0. The van der Waals surface area contributed by atoms with E-state index in [1.165, 1.54) is 6.92 Å². The topological polar surface area (TPSA) is 105 Å². The summed E-state index contributed by atoms with van der Waals surface area (Å²) in [6.45, 7) is 1.77. The molecule has 0 radical (unpaired) electrons. The van der Waals surface area contributed by atoms with Gasteiger partial charge in [0, 0.05) is 35.2 Å². The lowest BCUT2D eigenvalue weighted by Gasteiger charge is -2.22. The van der Waals surface area contributed by atoms with Gasteiger partial charge in [-0.3, -0.25) is 4.79 Å². The van der Waals surface area contributed by atoms with Crippen LogP contribution >= 0.6 is 67.8 Å². The fourth-order valence-electron chi connectivity index (χ4n) is 2.53. The first-order chi connectivity index (χ1) is 14.8. The number of amides is 1. The first kappa shape index (κ1) is 26.1. The van der Waals surface area contributed by atoms with E-state index in [0.29, 0.717) is 5.56 Å². The van der Waals surface area contributed by atoms with Crippen molar-refractivity contribution in [2.75, 3.05) is 25.2 Å². The Bertz CT molecular complexity index is 998. The van der Waals surface area contributed by atoms with Gasteiger partial charge in [0.15, 0.2) is 0 Å². The second-order valence-electron chi connectivity index (χ2n) is 6.40. The molecule has 2 aromatic rings. The molecule has 0 aliphatic rings. The number of ether oxygens (including phenoxy) is 2. The van der Waals surface area contributed by atoms with Crippen molar-refractivity contribution in [3.63, 3.8) is 0 Å². The van der Waals surface area contributed by atoms with Gasteiger partial charge in [-0.1, -0.05) is 23.3 Å². The lowest BCUT2D eigenvalue weighted by atomic mass is 10.2. The summed E-state index contributed by atoms with van der Waals surface area (Å²) in [5.41, 5.74) is 11.0. The van der Waals surface area contributed by atoms with E-state index in [0.717, 1.165) is 22.0 Å². The lowest BCUT2D eigenvalue weighted by molar-refractivity contribution is -0.116. The monoisotopic (exact) mass is 760 g/mol. The van der Waals surface area contributed by atoms with Gasteiger partial charge in [0.05, 0.1) is 30.5 Å². The second kappa shape index (κ2) is 12.8. The van der Waals surface area contributed by atoms with Gasteiger partial charge in [-0.2, -0.15) is 0 Å². The van der Waals surface area contributed by atoms with Crippen molar-refractivity contribution >= 4 is 85.3 Å². The van der Waals surface area contributed by atoms with Gasteiger partial charge < -0.3 is 14.4 Å². The molecule has 0 heterocycles. The van der Waals surface area contributed by atoms with E-state index in [-0.39, 0.29) is 25.7 Å². The van der Waals surface area contributed by atoms with Crippen molar-refractivity contribution < 1.29 is 19.1 Å². The van der Waals surface area contributed by atoms with Crippen LogP contribution in [0, 0.1) is 10.7 Å². The van der Waals surface area contributed by atoms with Crippen molar-refractivity contribution in [3.05, 3.63) is 68.7 Å². The largest absolute Gasteiger partial charge is 0.462 e. The molecule has 1 atom stereocenters. The van der Waals surface area contributed by atoms with Crippen LogP contribution in [-0.4, -0.2) is 38.2 Å². The van der Waals surface area contributed by atoms with Gasteiger partial charge in [-0.15, -0.1) is 0 Å². The lowest BCUT2D eigenvalue weighted by Crippen LogP contribution is -2.26. The summed E-state index contributed by atoms with van der Waals surface area (Å²) >= 11 is 6.65. The van der Waals surface area contributed by atoms with Crippen molar-refractivity contribution in [2.45, 2.75) is 19.6 Å². The molecule has 0 aliphatic heterocycles. The predicted molar refractivity (Wildman–Crippen MR) is 143 cm³/mol.